The zero-order valence-electron chi connectivity index (χ0n) is 11.9. The molecular formula is C13H7F3N4OS3. The number of fused-ring (bicyclic) bond motifs is 2. The van der Waals surface area contributed by atoms with Crippen LogP contribution in [0, 0.1) is 0 Å². The number of nitrogens with zero attached hydrogens (tertiary/aromatic N) is 4. The second-order valence-electron chi connectivity index (χ2n) is 4.58. The number of para-hydroxylation sites is 1. The van der Waals surface area contributed by atoms with Crippen molar-refractivity contribution in [1.29, 1.82) is 0 Å². The van der Waals surface area contributed by atoms with Gasteiger partial charge in [0, 0.05) is 0 Å². The second-order valence-corrected chi connectivity index (χ2v) is 7.62. The predicted octanol–water partition coefficient (Wildman–Crippen LogP) is 4.69. The molecule has 11 heteroatoms. The monoisotopic (exact) mass is 388 g/mol. The van der Waals surface area contributed by atoms with Crippen molar-refractivity contribution >= 4 is 49.6 Å². The first-order valence-corrected chi connectivity index (χ1v) is 9.34. The number of ether oxygens (including phenoxy) is 1. The van der Waals surface area contributed by atoms with E-state index < -0.39 is 6.36 Å². The van der Waals surface area contributed by atoms with Gasteiger partial charge in [0.1, 0.15) is 16.2 Å². The molecule has 0 saturated carbocycles. The van der Waals surface area contributed by atoms with E-state index >= 15 is 0 Å². The molecule has 5 nitrogen and oxygen atoms in total. The average molecular weight is 388 g/mol. The highest BCUT2D eigenvalue weighted by molar-refractivity contribution is 8.00. The minimum absolute atomic E-state index is 0.171. The molecule has 24 heavy (non-hydrogen) atoms. The van der Waals surface area contributed by atoms with Gasteiger partial charge in [-0.2, -0.15) is 4.52 Å². The van der Waals surface area contributed by atoms with Crippen molar-refractivity contribution in [2.24, 2.45) is 0 Å². The fourth-order valence-electron chi connectivity index (χ4n) is 2.14. The maximum atomic E-state index is 12.5. The van der Waals surface area contributed by atoms with Gasteiger partial charge in [0.15, 0.2) is 10.1 Å². The number of rotatable bonds is 3. The molecule has 3 aromatic heterocycles. The van der Waals surface area contributed by atoms with Crippen molar-refractivity contribution in [3.05, 3.63) is 24.4 Å². The van der Waals surface area contributed by atoms with Gasteiger partial charge in [-0.3, -0.25) is 0 Å². The van der Waals surface area contributed by atoms with E-state index in [0.717, 1.165) is 4.34 Å². The molecule has 0 bridgehead atoms. The van der Waals surface area contributed by atoms with Gasteiger partial charge in [-0.1, -0.05) is 29.2 Å². The number of alkyl halides is 3. The zero-order chi connectivity index (χ0) is 16.9. The summed E-state index contributed by atoms with van der Waals surface area (Å²) in [6.07, 6.45) is -1.23. The second kappa shape index (κ2) is 5.60. The molecule has 0 spiro atoms. The van der Waals surface area contributed by atoms with E-state index in [0.29, 0.717) is 20.4 Å². The van der Waals surface area contributed by atoms with Crippen molar-refractivity contribution in [2.45, 2.75) is 10.7 Å². The van der Waals surface area contributed by atoms with Gasteiger partial charge in [-0.15, -0.1) is 29.6 Å². The third kappa shape index (κ3) is 2.72. The maximum Gasteiger partial charge on any atom is 0.573 e. The average Bonchev–Trinajstić information content (AvgIpc) is 3.18. The standard InChI is InChI=1S/C13H7F3N4OS3/c1-22-12-19-20-6(5-17-11(20)24-12)10-18-9-7(21-13(14,15)16)3-2-4-8(9)23-10/h2-5H,1H3. The molecule has 124 valence electrons. The van der Waals surface area contributed by atoms with Gasteiger partial charge in [-0.05, 0) is 18.4 Å². The summed E-state index contributed by atoms with van der Waals surface area (Å²) in [5, 5.41) is 4.95. The van der Waals surface area contributed by atoms with Crippen LogP contribution in [0.1, 0.15) is 0 Å². The van der Waals surface area contributed by atoms with Gasteiger partial charge >= 0.3 is 6.36 Å². The number of benzene rings is 1. The van der Waals surface area contributed by atoms with Crippen molar-refractivity contribution in [3.8, 4) is 16.5 Å². The van der Waals surface area contributed by atoms with E-state index in [1.54, 1.807) is 16.8 Å². The third-order valence-corrected chi connectivity index (χ3v) is 6.01. The Hall–Kier alpha value is -1.85. The molecule has 0 amide bonds. The maximum absolute atomic E-state index is 12.5. The molecule has 0 unspecified atom stereocenters. The summed E-state index contributed by atoms with van der Waals surface area (Å²) in [5.74, 6) is -0.314. The van der Waals surface area contributed by atoms with E-state index in [4.69, 9.17) is 0 Å². The first-order chi connectivity index (χ1) is 11.4. The molecule has 0 aliphatic rings. The van der Waals surface area contributed by atoms with Crippen molar-refractivity contribution in [1.82, 2.24) is 19.6 Å². The van der Waals surface area contributed by atoms with Gasteiger partial charge in [0.25, 0.3) is 0 Å². The Balaban J connectivity index is 1.85. The molecule has 0 fully saturated rings. The first kappa shape index (κ1) is 15.7. The molecule has 0 radical (unpaired) electrons. The number of halogens is 3. The summed E-state index contributed by atoms with van der Waals surface area (Å²) in [6, 6.07) is 4.46. The molecule has 3 heterocycles. The fourth-order valence-corrected chi connectivity index (χ4v) is 4.45. The van der Waals surface area contributed by atoms with Gasteiger partial charge in [0.05, 0.1) is 10.9 Å². The van der Waals surface area contributed by atoms with Gasteiger partial charge < -0.3 is 4.74 Å². The van der Waals surface area contributed by atoms with Crippen LogP contribution >= 0.6 is 34.4 Å². The van der Waals surface area contributed by atoms with E-state index in [1.807, 2.05) is 6.26 Å². The largest absolute Gasteiger partial charge is 0.573 e. The molecule has 4 rings (SSSR count). The quantitative estimate of drug-likeness (QED) is 0.477. The topological polar surface area (TPSA) is 52.3 Å². The van der Waals surface area contributed by atoms with Crippen LogP contribution in [0.15, 0.2) is 28.7 Å². The molecule has 0 aliphatic heterocycles. The zero-order valence-corrected chi connectivity index (χ0v) is 14.3. The number of thiazole rings is 1. The highest BCUT2D eigenvalue weighted by atomic mass is 32.2. The molecule has 4 aromatic rings. The lowest BCUT2D eigenvalue weighted by atomic mass is 10.3. The number of imidazole rings is 1. The highest BCUT2D eigenvalue weighted by Crippen LogP contribution is 2.37. The molecular weight excluding hydrogens is 381 g/mol. The lowest BCUT2D eigenvalue weighted by Crippen LogP contribution is -2.17. The number of aromatic nitrogens is 4. The van der Waals surface area contributed by atoms with Crippen molar-refractivity contribution < 1.29 is 17.9 Å². The number of hydrogen-bond acceptors (Lipinski definition) is 7. The summed E-state index contributed by atoms with van der Waals surface area (Å²) >= 11 is 4.20. The van der Waals surface area contributed by atoms with Crippen molar-refractivity contribution in [3.63, 3.8) is 0 Å². The molecule has 0 saturated heterocycles. The normalized spacial score (nSPS) is 12.3. The molecule has 1 aromatic carbocycles. The molecule has 0 N–H and O–H groups in total. The summed E-state index contributed by atoms with van der Waals surface area (Å²) in [6.45, 7) is 0. The van der Waals surface area contributed by atoms with E-state index in [2.05, 4.69) is 19.8 Å². The Morgan fingerprint density at radius 1 is 1.25 bits per heavy atom. The number of hydrogen-bond donors (Lipinski definition) is 0. The third-order valence-electron chi connectivity index (χ3n) is 3.07. The Bertz CT molecular complexity index is 1040. The first-order valence-electron chi connectivity index (χ1n) is 6.49. The number of thioether (sulfide) groups is 1. The van der Waals surface area contributed by atoms with Crippen LogP contribution in [0.5, 0.6) is 5.75 Å². The van der Waals surface area contributed by atoms with Crippen LogP contribution in [-0.2, 0) is 0 Å². The van der Waals surface area contributed by atoms with E-state index in [1.165, 1.54) is 46.6 Å². The minimum atomic E-state index is -4.76. The highest BCUT2D eigenvalue weighted by Gasteiger charge is 2.32. The van der Waals surface area contributed by atoms with Crippen LogP contribution in [0.2, 0.25) is 0 Å². The Morgan fingerprint density at radius 3 is 2.83 bits per heavy atom. The Kier molecular flexibility index (Phi) is 3.66. The predicted molar refractivity (Wildman–Crippen MR) is 87.9 cm³/mol. The summed E-state index contributed by atoms with van der Waals surface area (Å²) < 4.78 is 44.7. The SMILES string of the molecule is CSc1nn2c(-c3nc4c(OC(F)(F)F)cccc4s3)cnc2s1. The Morgan fingerprint density at radius 2 is 2.08 bits per heavy atom. The van der Waals surface area contributed by atoms with E-state index in [9.17, 15) is 13.2 Å². The Labute approximate surface area is 145 Å². The van der Waals surface area contributed by atoms with Gasteiger partial charge in [-0.25, -0.2) is 9.97 Å². The lowest BCUT2D eigenvalue weighted by molar-refractivity contribution is -0.274. The smallest absolute Gasteiger partial charge is 0.403 e. The molecule has 0 aliphatic carbocycles. The van der Waals surface area contributed by atoms with E-state index in [-0.39, 0.29) is 11.3 Å². The molecule has 0 atom stereocenters. The van der Waals surface area contributed by atoms with Crippen LogP contribution in [0.25, 0.3) is 25.9 Å². The van der Waals surface area contributed by atoms with Crippen LogP contribution in [0.4, 0.5) is 13.2 Å². The van der Waals surface area contributed by atoms with Crippen LogP contribution < -0.4 is 4.74 Å². The summed E-state index contributed by atoms with van der Waals surface area (Å²) in [4.78, 5) is 9.30. The lowest BCUT2D eigenvalue weighted by Gasteiger charge is -2.08. The van der Waals surface area contributed by atoms with Crippen molar-refractivity contribution in [2.75, 3.05) is 6.26 Å². The minimum Gasteiger partial charge on any atom is -0.403 e. The summed E-state index contributed by atoms with van der Waals surface area (Å²) in [7, 11) is 0. The van der Waals surface area contributed by atoms with Crippen LogP contribution in [0.3, 0.4) is 0 Å². The fraction of sp³-hybridized carbons (Fsp3) is 0.154. The van der Waals surface area contributed by atoms with Crippen LogP contribution in [-0.4, -0.2) is 32.2 Å². The summed E-state index contributed by atoms with van der Waals surface area (Å²) in [5.41, 5.74) is 0.811. The van der Waals surface area contributed by atoms with Gasteiger partial charge in [0.2, 0.25) is 4.96 Å².